The van der Waals surface area contributed by atoms with Gasteiger partial charge in [0.25, 0.3) is 0 Å². The number of amides is 1. The van der Waals surface area contributed by atoms with Gasteiger partial charge in [-0.15, -0.1) is 24.8 Å². The van der Waals surface area contributed by atoms with E-state index < -0.39 is 11.9 Å². The van der Waals surface area contributed by atoms with Crippen LogP contribution in [0, 0.1) is 5.82 Å². The molecule has 8 heteroatoms. The Balaban J connectivity index is 0. The Labute approximate surface area is 148 Å². The molecule has 4 nitrogen and oxygen atoms in total. The molecule has 2 atom stereocenters. The molecule has 0 bridgehead atoms. The van der Waals surface area contributed by atoms with Crippen molar-refractivity contribution in [2.75, 3.05) is 27.7 Å². The third-order valence-electron chi connectivity index (χ3n) is 3.11. The number of halogens is 4. The van der Waals surface area contributed by atoms with Crippen molar-refractivity contribution >= 4 is 42.3 Å². The highest BCUT2D eigenvalue weighted by molar-refractivity contribution is 6.31. The number of carbonyl (C=O) groups excluding carboxylic acids is 1. The van der Waals surface area contributed by atoms with E-state index in [0.29, 0.717) is 6.54 Å². The Hall–Kier alpha value is -0.590. The molecule has 0 fully saturated rings. The first-order valence-corrected chi connectivity index (χ1v) is 6.81. The van der Waals surface area contributed by atoms with E-state index in [0.717, 1.165) is 0 Å². The molecule has 1 amide bonds. The van der Waals surface area contributed by atoms with Gasteiger partial charge in [0.1, 0.15) is 11.9 Å². The second-order valence-corrected chi connectivity index (χ2v) is 5.34. The van der Waals surface area contributed by atoms with Crippen molar-refractivity contribution in [1.82, 2.24) is 15.5 Å². The molecule has 0 aliphatic rings. The number of nitrogens with zero attached hydrogens (tertiary/aromatic N) is 1. The summed E-state index contributed by atoms with van der Waals surface area (Å²) in [7, 11) is 5.25. The maximum Gasteiger partial charge on any atom is 0.242 e. The maximum absolute atomic E-state index is 14.0. The van der Waals surface area contributed by atoms with Gasteiger partial charge in [0, 0.05) is 23.2 Å². The lowest BCUT2D eigenvalue weighted by Gasteiger charge is -2.25. The summed E-state index contributed by atoms with van der Waals surface area (Å²) < 4.78 is 14.0. The van der Waals surface area contributed by atoms with Gasteiger partial charge in [-0.05, 0) is 40.2 Å². The van der Waals surface area contributed by atoms with Crippen LogP contribution in [-0.4, -0.2) is 44.5 Å². The standard InChI is InChI=1S/C14H21ClFN3O.2ClH/c1-9(17-2)8-18-14(20)13(19(3)4)12-10(15)6-5-7-11(12)16;;/h5-7,9,13,17H,8H2,1-4H3,(H,18,20);2*1H. The van der Waals surface area contributed by atoms with E-state index in [1.807, 2.05) is 14.0 Å². The number of hydrogen-bond acceptors (Lipinski definition) is 3. The molecule has 0 saturated heterocycles. The van der Waals surface area contributed by atoms with Crippen LogP contribution in [-0.2, 0) is 4.79 Å². The highest BCUT2D eigenvalue weighted by atomic mass is 35.5. The van der Waals surface area contributed by atoms with Gasteiger partial charge < -0.3 is 10.6 Å². The largest absolute Gasteiger partial charge is 0.353 e. The van der Waals surface area contributed by atoms with E-state index in [2.05, 4.69) is 10.6 Å². The van der Waals surface area contributed by atoms with Crippen LogP contribution in [0.4, 0.5) is 4.39 Å². The molecule has 2 unspecified atom stereocenters. The molecule has 0 saturated carbocycles. The third-order valence-corrected chi connectivity index (χ3v) is 3.44. The van der Waals surface area contributed by atoms with Crippen molar-refractivity contribution < 1.29 is 9.18 Å². The number of hydrogen-bond donors (Lipinski definition) is 2. The van der Waals surface area contributed by atoms with Crippen molar-refractivity contribution in [3.05, 3.63) is 34.6 Å². The van der Waals surface area contributed by atoms with Gasteiger partial charge >= 0.3 is 0 Å². The van der Waals surface area contributed by atoms with Crippen LogP contribution in [0.25, 0.3) is 0 Å². The summed E-state index contributed by atoms with van der Waals surface area (Å²) in [6, 6.07) is 3.79. The monoisotopic (exact) mass is 373 g/mol. The summed E-state index contributed by atoms with van der Waals surface area (Å²) in [5.41, 5.74) is 0.203. The molecule has 0 aliphatic heterocycles. The first kappa shape index (κ1) is 23.7. The Morgan fingerprint density at radius 1 is 1.36 bits per heavy atom. The van der Waals surface area contributed by atoms with Gasteiger partial charge in [0.15, 0.2) is 0 Å². The average Bonchev–Trinajstić information content (AvgIpc) is 2.39. The summed E-state index contributed by atoms with van der Waals surface area (Å²) >= 11 is 6.04. The van der Waals surface area contributed by atoms with E-state index in [4.69, 9.17) is 11.6 Å². The van der Waals surface area contributed by atoms with E-state index in [-0.39, 0.29) is 47.3 Å². The fourth-order valence-corrected chi connectivity index (χ4v) is 2.11. The molecule has 0 radical (unpaired) electrons. The average molecular weight is 375 g/mol. The first-order chi connectivity index (χ1) is 9.38. The van der Waals surface area contributed by atoms with Crippen molar-refractivity contribution in [2.45, 2.75) is 19.0 Å². The Bertz CT molecular complexity index is 454. The van der Waals surface area contributed by atoms with Crippen molar-refractivity contribution in [3.8, 4) is 0 Å². The molecule has 2 N–H and O–H groups in total. The van der Waals surface area contributed by atoms with Crippen LogP contribution in [0.3, 0.4) is 0 Å². The predicted octanol–water partition coefficient (Wildman–Crippen LogP) is 2.65. The lowest BCUT2D eigenvalue weighted by atomic mass is 10.0. The summed E-state index contributed by atoms with van der Waals surface area (Å²) in [5, 5.41) is 6.07. The van der Waals surface area contributed by atoms with E-state index in [1.165, 1.54) is 12.1 Å². The number of likely N-dealkylation sites (N-methyl/N-ethyl adjacent to an activating group) is 2. The highest BCUT2D eigenvalue weighted by Gasteiger charge is 2.28. The Kier molecular flexibility index (Phi) is 11.9. The zero-order valence-corrected chi connectivity index (χ0v) is 15.4. The molecule has 128 valence electrons. The molecular weight excluding hydrogens is 352 g/mol. The molecule has 0 spiro atoms. The van der Waals surface area contributed by atoms with Gasteiger partial charge in [0.05, 0.1) is 0 Å². The predicted molar refractivity (Wildman–Crippen MR) is 93.9 cm³/mol. The van der Waals surface area contributed by atoms with Crippen LogP contribution >= 0.6 is 36.4 Å². The second-order valence-electron chi connectivity index (χ2n) is 4.94. The minimum Gasteiger partial charge on any atom is -0.353 e. The van der Waals surface area contributed by atoms with Crippen LogP contribution in [0.15, 0.2) is 18.2 Å². The minimum atomic E-state index is -0.757. The van der Waals surface area contributed by atoms with Gasteiger partial charge in [-0.3, -0.25) is 9.69 Å². The van der Waals surface area contributed by atoms with E-state index in [1.54, 1.807) is 25.1 Å². The normalized spacial score (nSPS) is 12.9. The van der Waals surface area contributed by atoms with Crippen molar-refractivity contribution in [2.24, 2.45) is 0 Å². The number of nitrogens with one attached hydrogen (secondary N) is 2. The third kappa shape index (κ3) is 6.26. The summed E-state index contributed by atoms with van der Waals surface area (Å²) in [6.07, 6.45) is 0. The molecular formula is C14H23Cl3FN3O. The Morgan fingerprint density at radius 2 is 1.95 bits per heavy atom. The zero-order valence-electron chi connectivity index (χ0n) is 13.0. The Morgan fingerprint density at radius 3 is 2.41 bits per heavy atom. The second kappa shape index (κ2) is 11.0. The van der Waals surface area contributed by atoms with Crippen LogP contribution in [0.1, 0.15) is 18.5 Å². The maximum atomic E-state index is 14.0. The number of benzene rings is 1. The van der Waals surface area contributed by atoms with E-state index in [9.17, 15) is 9.18 Å². The van der Waals surface area contributed by atoms with Crippen LogP contribution in [0.2, 0.25) is 5.02 Å². The molecule has 0 aromatic heterocycles. The fraction of sp³-hybridized carbons (Fsp3) is 0.500. The topological polar surface area (TPSA) is 44.4 Å². The van der Waals surface area contributed by atoms with Crippen molar-refractivity contribution in [3.63, 3.8) is 0 Å². The SMILES string of the molecule is CNC(C)CNC(=O)C(c1c(F)cccc1Cl)N(C)C.Cl.Cl. The summed E-state index contributed by atoms with van der Waals surface area (Å²) in [6.45, 7) is 2.41. The number of carbonyl (C=O) groups is 1. The minimum absolute atomic E-state index is 0. The van der Waals surface area contributed by atoms with Gasteiger partial charge in [0.2, 0.25) is 5.91 Å². The molecule has 22 heavy (non-hydrogen) atoms. The first-order valence-electron chi connectivity index (χ1n) is 6.43. The highest BCUT2D eigenvalue weighted by Crippen LogP contribution is 2.28. The molecule has 1 rings (SSSR count). The number of rotatable bonds is 6. The van der Waals surface area contributed by atoms with E-state index >= 15 is 0 Å². The molecule has 0 aliphatic carbocycles. The lowest BCUT2D eigenvalue weighted by molar-refractivity contribution is -0.125. The summed E-state index contributed by atoms with van der Waals surface area (Å²) in [5.74, 6) is -0.753. The smallest absolute Gasteiger partial charge is 0.242 e. The van der Waals surface area contributed by atoms with Crippen LogP contribution < -0.4 is 10.6 Å². The lowest BCUT2D eigenvalue weighted by Crippen LogP contribution is -2.43. The zero-order chi connectivity index (χ0) is 15.3. The molecule has 1 aromatic carbocycles. The summed E-state index contributed by atoms with van der Waals surface area (Å²) in [4.78, 5) is 13.9. The molecule has 0 heterocycles. The molecule has 1 aromatic rings. The van der Waals surface area contributed by atoms with Gasteiger partial charge in [-0.1, -0.05) is 17.7 Å². The van der Waals surface area contributed by atoms with Gasteiger partial charge in [-0.2, -0.15) is 0 Å². The fourth-order valence-electron chi connectivity index (χ4n) is 1.85. The van der Waals surface area contributed by atoms with Crippen LogP contribution in [0.5, 0.6) is 0 Å². The quantitative estimate of drug-likeness (QED) is 0.804. The van der Waals surface area contributed by atoms with Gasteiger partial charge in [-0.25, -0.2) is 4.39 Å². The van der Waals surface area contributed by atoms with Crippen molar-refractivity contribution in [1.29, 1.82) is 0 Å².